The molecule has 0 radical (unpaired) electrons. The number of alkyl carbamates (subject to hydrolysis) is 2. The number of aliphatic carboxylic acids is 1. The number of halogens is 1. The molecule has 8 rings (SSSR count). The standard InChI is InChI=1S/C35H41N3O6.C20H23N3O3.C15H20O4.ClH/c1-24(37-34(40)31-17-16-30(20-31)29-10-6-9-27(19-29)21-43-23-42-2)32(39)18-13-25-11-14-28(15-12-25)33(36)38-35(41)44-22-26-7-4-3-5-8-26;1-14(21)18(24)12-9-15-7-10-17(11-8-15)19(22)23-20(25)26-13-16-5-3-2-4-6-16;1-18-10-19-9-11-3-2-4-12(7-11)13-5-6-14(8-13)15(16)17;/h3-12,14-15,19,24,30-31H,13,16-18,20-23H2,1-2H3,(H,37,40)(H2,36,38,41);2-8,10-11,14H,9,12-13,21H2,1H3,(H2,22,23,25);2-4,7,13-14H,5-6,8-10H2,1H3,(H,16,17);1H/t24-,30+,31+;14-;13-,14-;/m001./s1. The largest absolute Gasteiger partial charge is 0.481 e. The second kappa shape index (κ2) is 38.9. The smallest absolute Gasteiger partial charge is 0.413 e. The van der Waals surface area contributed by atoms with Crippen molar-refractivity contribution in [1.29, 1.82) is 10.8 Å². The van der Waals surface area contributed by atoms with Gasteiger partial charge in [0, 0.05) is 44.1 Å². The number of nitrogens with two attached hydrogens (primary N) is 1. The summed E-state index contributed by atoms with van der Waals surface area (Å²) in [5, 5.41) is 32.9. The van der Waals surface area contributed by atoms with E-state index in [0.717, 1.165) is 71.9 Å². The number of carboxylic acid groups (broad SMARTS) is 1. The van der Waals surface area contributed by atoms with Crippen LogP contribution in [0, 0.1) is 22.7 Å². The number of rotatable bonds is 27. The van der Waals surface area contributed by atoms with Crippen LogP contribution in [-0.4, -0.2) is 92.3 Å². The van der Waals surface area contributed by atoms with Gasteiger partial charge in [0.15, 0.2) is 5.78 Å². The lowest BCUT2D eigenvalue weighted by Gasteiger charge is -2.17. The maximum absolute atomic E-state index is 13.0. The first-order valence-corrected chi connectivity index (χ1v) is 29.9. The van der Waals surface area contributed by atoms with Crippen molar-refractivity contribution in [2.75, 3.05) is 27.8 Å². The van der Waals surface area contributed by atoms with Gasteiger partial charge in [-0.3, -0.25) is 40.6 Å². The summed E-state index contributed by atoms with van der Waals surface area (Å²) in [5.74, 6) is -0.480. The number of benzene rings is 6. The van der Waals surface area contributed by atoms with Gasteiger partial charge in [-0.2, -0.15) is 0 Å². The lowest BCUT2D eigenvalue weighted by molar-refractivity contribution is -0.141. The molecule has 0 spiro atoms. The van der Waals surface area contributed by atoms with E-state index in [0.29, 0.717) is 55.4 Å². The summed E-state index contributed by atoms with van der Waals surface area (Å²) in [4.78, 5) is 72.2. The molecule has 0 saturated heterocycles. The van der Waals surface area contributed by atoms with E-state index in [-0.39, 0.29) is 86.6 Å². The molecule has 20 heteroatoms. The van der Waals surface area contributed by atoms with Gasteiger partial charge in [0.25, 0.3) is 0 Å². The molecule has 0 heterocycles. The van der Waals surface area contributed by atoms with Crippen molar-refractivity contribution in [3.05, 3.63) is 213 Å². The van der Waals surface area contributed by atoms with Crippen LogP contribution in [0.1, 0.15) is 133 Å². The third-order valence-electron chi connectivity index (χ3n) is 15.4. The minimum Gasteiger partial charge on any atom is -0.481 e. The van der Waals surface area contributed by atoms with E-state index in [1.54, 1.807) is 52.3 Å². The predicted molar refractivity (Wildman–Crippen MR) is 345 cm³/mol. The fourth-order valence-corrected chi connectivity index (χ4v) is 10.3. The molecule has 0 aromatic heterocycles. The van der Waals surface area contributed by atoms with E-state index in [1.165, 1.54) is 11.1 Å². The fraction of sp³-hybridized carbons (Fsp3) is 0.371. The van der Waals surface area contributed by atoms with Gasteiger partial charge in [0.05, 0.1) is 31.2 Å². The SMILES string of the molecule is COCOCc1cccc([C@@H]2CC[C@@H](C(=O)N[C@@H](C)C(=O)CCc3ccc(C(=N)NC(=O)OCc4ccccc4)cc3)C2)c1.COCOCc1cccc([C@@H]2CC[C@@H](C(=O)O)C2)c1.C[C@H](N)C(=O)CCc1ccc(C(=N)NC(=O)OCc2ccccc2)cc1.Cl. The van der Waals surface area contributed by atoms with Gasteiger partial charge in [-0.1, -0.05) is 158 Å². The average molecular weight is 1250 g/mol. The number of aryl methyl sites for hydroxylation is 2. The summed E-state index contributed by atoms with van der Waals surface area (Å²) in [6, 6.07) is 48.3. The van der Waals surface area contributed by atoms with Crippen molar-refractivity contribution in [3.8, 4) is 0 Å². The zero-order chi connectivity index (χ0) is 63.9. The molecule has 2 fully saturated rings. The van der Waals surface area contributed by atoms with Crippen LogP contribution in [0.25, 0.3) is 0 Å². The van der Waals surface area contributed by atoms with Crippen molar-refractivity contribution >= 4 is 59.7 Å². The molecule has 2 aliphatic carbocycles. The van der Waals surface area contributed by atoms with Crippen LogP contribution >= 0.6 is 12.4 Å². The molecule has 0 aliphatic heterocycles. The second-order valence-electron chi connectivity index (χ2n) is 22.2. The summed E-state index contributed by atoms with van der Waals surface area (Å²) in [7, 11) is 3.19. The number of Topliss-reactive ketones (excluding diaryl/α,β-unsaturated/α-hetero) is 2. The van der Waals surface area contributed by atoms with Gasteiger partial charge in [-0.15, -0.1) is 12.4 Å². The Balaban J connectivity index is 0.000000270. The van der Waals surface area contributed by atoms with E-state index in [4.69, 9.17) is 50.1 Å². The van der Waals surface area contributed by atoms with Crippen molar-refractivity contribution in [1.82, 2.24) is 16.0 Å². The number of carbonyl (C=O) groups is 6. The highest BCUT2D eigenvalue weighted by molar-refractivity contribution is 6.05. The van der Waals surface area contributed by atoms with Crippen molar-refractivity contribution in [2.24, 2.45) is 17.6 Å². The van der Waals surface area contributed by atoms with E-state index in [9.17, 15) is 28.8 Å². The summed E-state index contributed by atoms with van der Waals surface area (Å²) in [6.07, 6.45) is 5.38. The van der Waals surface area contributed by atoms with Crippen LogP contribution in [0.3, 0.4) is 0 Å². The zero-order valence-electron chi connectivity index (χ0n) is 51.6. The number of amidine groups is 2. The Morgan fingerprint density at radius 1 is 0.522 bits per heavy atom. The van der Waals surface area contributed by atoms with Crippen molar-refractivity contribution < 1.29 is 62.3 Å². The third-order valence-corrected chi connectivity index (χ3v) is 15.4. The molecule has 3 amide bonds. The summed E-state index contributed by atoms with van der Waals surface area (Å²) >= 11 is 0. The first-order valence-electron chi connectivity index (χ1n) is 29.9. The first kappa shape index (κ1) is 72.3. The molecule has 8 N–H and O–H groups in total. The molecule has 480 valence electrons. The molecule has 2 saturated carbocycles. The van der Waals surface area contributed by atoms with Gasteiger partial charge in [0.2, 0.25) is 5.91 Å². The number of carboxylic acids is 1. The Morgan fingerprint density at radius 3 is 1.34 bits per heavy atom. The monoisotopic (exact) mass is 1250 g/mol. The maximum Gasteiger partial charge on any atom is 0.413 e. The molecule has 2 aliphatic rings. The quantitative estimate of drug-likeness (QED) is 0.0109. The Hall–Kier alpha value is -8.43. The molecule has 0 bridgehead atoms. The first-order chi connectivity index (χ1) is 43.0. The van der Waals surface area contributed by atoms with Crippen LogP contribution in [0.4, 0.5) is 9.59 Å². The van der Waals surface area contributed by atoms with Crippen LogP contribution in [-0.2, 0) is 86.9 Å². The second-order valence-corrected chi connectivity index (χ2v) is 22.2. The average Bonchev–Trinajstić information content (AvgIpc) is 4.08. The predicted octanol–water partition coefficient (Wildman–Crippen LogP) is 11.6. The Bertz CT molecular complexity index is 3240. The molecule has 6 aromatic carbocycles. The van der Waals surface area contributed by atoms with Gasteiger partial charge < -0.3 is 44.6 Å². The lowest BCUT2D eigenvalue weighted by atomic mass is 9.94. The highest BCUT2D eigenvalue weighted by Crippen LogP contribution is 2.40. The highest BCUT2D eigenvalue weighted by Gasteiger charge is 2.33. The van der Waals surface area contributed by atoms with Gasteiger partial charge in [0.1, 0.15) is 44.3 Å². The van der Waals surface area contributed by atoms with E-state index >= 15 is 0 Å². The van der Waals surface area contributed by atoms with Crippen LogP contribution < -0.4 is 21.7 Å². The number of ketones is 2. The molecular weight excluding hydrogens is 1170 g/mol. The molecule has 0 unspecified atom stereocenters. The van der Waals surface area contributed by atoms with Crippen LogP contribution in [0.2, 0.25) is 0 Å². The number of methoxy groups -OCH3 is 2. The number of ether oxygens (including phenoxy) is 6. The van der Waals surface area contributed by atoms with Crippen LogP contribution in [0.5, 0.6) is 0 Å². The topological polar surface area (TPSA) is 288 Å². The van der Waals surface area contributed by atoms with Crippen LogP contribution in [0.15, 0.2) is 158 Å². The summed E-state index contributed by atoms with van der Waals surface area (Å²) in [6.45, 7) is 5.22. The number of hydrogen-bond donors (Lipinski definition) is 7. The van der Waals surface area contributed by atoms with E-state index in [1.807, 2.05) is 109 Å². The van der Waals surface area contributed by atoms with E-state index in [2.05, 4.69) is 40.2 Å². The van der Waals surface area contributed by atoms with Gasteiger partial charge >= 0.3 is 18.2 Å². The molecular formula is C70H85ClN6O13. The van der Waals surface area contributed by atoms with Gasteiger partial charge in [-0.05, 0) is 122 Å². The normalized spacial score (nSPS) is 16.2. The van der Waals surface area contributed by atoms with Crippen molar-refractivity contribution in [3.63, 3.8) is 0 Å². The number of carbonyl (C=O) groups excluding carboxylic acids is 5. The summed E-state index contributed by atoms with van der Waals surface area (Å²) in [5.41, 5.74) is 14.9. The van der Waals surface area contributed by atoms with E-state index < -0.39 is 30.2 Å². The molecule has 6 atom stereocenters. The molecule has 6 aromatic rings. The number of amides is 3. The highest BCUT2D eigenvalue weighted by atomic mass is 35.5. The minimum absolute atomic E-state index is 0. The zero-order valence-corrected chi connectivity index (χ0v) is 52.4. The number of nitrogens with one attached hydrogen (secondary N) is 5. The number of hydrogen-bond acceptors (Lipinski definition) is 15. The minimum atomic E-state index is -0.698. The summed E-state index contributed by atoms with van der Waals surface area (Å²) < 4.78 is 30.8. The lowest BCUT2D eigenvalue weighted by Crippen LogP contribution is -2.41. The fourth-order valence-electron chi connectivity index (χ4n) is 10.3. The Morgan fingerprint density at radius 2 is 0.933 bits per heavy atom. The Kier molecular flexibility index (Phi) is 31.2. The molecule has 19 nitrogen and oxygen atoms in total. The van der Waals surface area contributed by atoms with Crippen molar-refractivity contribution in [2.45, 2.75) is 128 Å². The van der Waals surface area contributed by atoms with Gasteiger partial charge in [-0.25, -0.2) is 9.59 Å². The third kappa shape index (κ3) is 25.2. The maximum atomic E-state index is 13.0. The Labute approximate surface area is 533 Å². The molecule has 90 heavy (non-hydrogen) atoms.